The van der Waals surface area contributed by atoms with Gasteiger partial charge in [0.25, 0.3) is 0 Å². The quantitative estimate of drug-likeness (QED) is 0.548. The van der Waals surface area contributed by atoms with Gasteiger partial charge in [0, 0.05) is 6.20 Å². The van der Waals surface area contributed by atoms with E-state index in [2.05, 4.69) is 10.3 Å². The first kappa shape index (κ1) is 5.24. The Hall–Kier alpha value is -0.900. The zero-order chi connectivity index (χ0) is 5.98. The number of aliphatic hydroxyl groups excluding tert-OH is 1. The molecule has 1 heterocycles. The van der Waals surface area contributed by atoms with Crippen LogP contribution in [0.5, 0.6) is 0 Å². The summed E-state index contributed by atoms with van der Waals surface area (Å²) in [5, 5.41) is 15.8. The van der Waals surface area contributed by atoms with Crippen molar-refractivity contribution in [1.82, 2.24) is 15.0 Å². The average molecular weight is 113 g/mol. The Balaban J connectivity index is 2.77. The summed E-state index contributed by atoms with van der Waals surface area (Å²) >= 11 is 0. The van der Waals surface area contributed by atoms with Crippen molar-refractivity contribution >= 4 is 0 Å². The third-order valence-corrected chi connectivity index (χ3v) is 0.824. The first-order chi connectivity index (χ1) is 3.80. The van der Waals surface area contributed by atoms with Gasteiger partial charge in [-0.1, -0.05) is 5.21 Å². The van der Waals surface area contributed by atoms with Crippen LogP contribution in [0.25, 0.3) is 0 Å². The minimum absolute atomic E-state index is 0.572. The highest BCUT2D eigenvalue weighted by molar-refractivity contribution is 4.64. The van der Waals surface area contributed by atoms with Gasteiger partial charge in [-0.25, -0.2) is 4.68 Å². The number of aliphatic hydroxyl groups is 1. The van der Waals surface area contributed by atoms with E-state index in [1.807, 2.05) is 0 Å². The zero-order valence-corrected chi connectivity index (χ0v) is 4.52. The largest absolute Gasteiger partial charge is 0.372 e. The van der Waals surface area contributed by atoms with Gasteiger partial charge in [0.2, 0.25) is 0 Å². The van der Waals surface area contributed by atoms with Gasteiger partial charge in [0.05, 0.1) is 6.20 Å². The lowest BCUT2D eigenvalue weighted by Gasteiger charge is -1.99. The van der Waals surface area contributed by atoms with E-state index in [4.69, 9.17) is 5.11 Å². The van der Waals surface area contributed by atoms with Crippen molar-refractivity contribution in [3.63, 3.8) is 0 Å². The van der Waals surface area contributed by atoms with Gasteiger partial charge in [0.15, 0.2) is 0 Å². The monoisotopic (exact) mass is 113 g/mol. The Morgan fingerprint density at radius 3 is 2.75 bits per heavy atom. The van der Waals surface area contributed by atoms with Crippen LogP contribution in [0.1, 0.15) is 13.2 Å². The Bertz CT molecular complexity index is 146. The molecule has 0 radical (unpaired) electrons. The van der Waals surface area contributed by atoms with Crippen molar-refractivity contribution in [2.24, 2.45) is 0 Å². The van der Waals surface area contributed by atoms with Crippen molar-refractivity contribution in [2.45, 2.75) is 13.2 Å². The van der Waals surface area contributed by atoms with Crippen LogP contribution in [0.2, 0.25) is 0 Å². The summed E-state index contributed by atoms with van der Waals surface area (Å²) in [6.45, 7) is 1.62. The molecule has 4 heteroatoms. The third kappa shape index (κ3) is 0.840. The predicted octanol–water partition coefficient (Wildman–Crippen LogP) is -0.211. The Kier molecular flexibility index (Phi) is 1.26. The second-order valence-electron chi connectivity index (χ2n) is 1.51. The maximum Gasteiger partial charge on any atom is 0.145 e. The summed E-state index contributed by atoms with van der Waals surface area (Å²) in [6.07, 6.45) is 2.55. The van der Waals surface area contributed by atoms with E-state index in [0.29, 0.717) is 0 Å². The summed E-state index contributed by atoms with van der Waals surface area (Å²) in [5.41, 5.74) is 0. The van der Waals surface area contributed by atoms with Crippen LogP contribution in [0, 0.1) is 0 Å². The van der Waals surface area contributed by atoms with Crippen LogP contribution in [-0.4, -0.2) is 20.1 Å². The van der Waals surface area contributed by atoms with E-state index >= 15 is 0 Å². The highest BCUT2D eigenvalue weighted by Crippen LogP contribution is 1.92. The third-order valence-electron chi connectivity index (χ3n) is 0.824. The predicted molar refractivity (Wildman–Crippen MR) is 27.0 cm³/mol. The van der Waals surface area contributed by atoms with Crippen LogP contribution in [0.4, 0.5) is 0 Å². The molecule has 0 unspecified atom stereocenters. The van der Waals surface area contributed by atoms with Gasteiger partial charge in [-0.3, -0.25) is 0 Å². The molecule has 0 spiro atoms. The van der Waals surface area contributed by atoms with E-state index in [1.165, 1.54) is 10.9 Å². The van der Waals surface area contributed by atoms with E-state index < -0.39 is 6.23 Å². The summed E-state index contributed by atoms with van der Waals surface area (Å²) in [7, 11) is 0. The number of nitrogens with zero attached hydrogens (tertiary/aromatic N) is 3. The molecule has 0 aliphatic rings. The number of rotatable bonds is 1. The molecule has 0 fully saturated rings. The normalized spacial score (nSPS) is 13.8. The number of aromatic nitrogens is 3. The van der Waals surface area contributed by atoms with Crippen LogP contribution in [-0.2, 0) is 0 Å². The highest BCUT2D eigenvalue weighted by Gasteiger charge is 1.94. The average Bonchev–Trinajstić information content (AvgIpc) is 2.12. The lowest BCUT2D eigenvalue weighted by atomic mass is 10.7. The van der Waals surface area contributed by atoms with Crippen molar-refractivity contribution < 1.29 is 5.11 Å². The molecule has 0 amide bonds. The highest BCUT2D eigenvalue weighted by atomic mass is 16.3. The topological polar surface area (TPSA) is 50.9 Å². The second kappa shape index (κ2) is 1.92. The molecule has 4 nitrogen and oxygen atoms in total. The van der Waals surface area contributed by atoms with Crippen molar-refractivity contribution in [3.8, 4) is 0 Å². The summed E-state index contributed by atoms with van der Waals surface area (Å²) in [4.78, 5) is 0. The Morgan fingerprint density at radius 1 is 1.75 bits per heavy atom. The summed E-state index contributed by atoms with van der Waals surface area (Å²) in [6, 6.07) is 0. The second-order valence-corrected chi connectivity index (χ2v) is 1.51. The minimum Gasteiger partial charge on any atom is -0.372 e. The van der Waals surface area contributed by atoms with E-state index in [9.17, 15) is 0 Å². The molecule has 1 N–H and O–H groups in total. The molecular weight excluding hydrogens is 106 g/mol. The van der Waals surface area contributed by atoms with Crippen LogP contribution in [0.3, 0.4) is 0 Å². The first-order valence-electron chi connectivity index (χ1n) is 2.34. The molecule has 0 aliphatic carbocycles. The minimum atomic E-state index is -0.572. The maximum atomic E-state index is 8.77. The Labute approximate surface area is 46.8 Å². The van der Waals surface area contributed by atoms with Crippen molar-refractivity contribution in [2.75, 3.05) is 0 Å². The van der Waals surface area contributed by atoms with Gasteiger partial charge < -0.3 is 5.11 Å². The molecule has 0 aliphatic heterocycles. The SMILES string of the molecule is C[C@H](O)n1ccnn1. The maximum absolute atomic E-state index is 8.77. The standard InChI is InChI=1S/C4H7N3O/c1-4(8)7-3-2-5-6-7/h2-4,8H,1H3/t4-/m0/s1. The first-order valence-corrected chi connectivity index (χ1v) is 2.34. The fourth-order valence-corrected chi connectivity index (χ4v) is 0.417. The van der Waals surface area contributed by atoms with Gasteiger partial charge in [-0.2, -0.15) is 0 Å². The summed E-state index contributed by atoms with van der Waals surface area (Å²) < 4.78 is 1.36. The van der Waals surface area contributed by atoms with Gasteiger partial charge in [-0.05, 0) is 6.92 Å². The number of hydrogen-bond acceptors (Lipinski definition) is 3. The van der Waals surface area contributed by atoms with Crippen LogP contribution >= 0.6 is 0 Å². The fourth-order valence-electron chi connectivity index (χ4n) is 0.417. The molecule has 1 aromatic rings. The lowest BCUT2D eigenvalue weighted by Crippen LogP contribution is -2.03. The van der Waals surface area contributed by atoms with Crippen molar-refractivity contribution in [3.05, 3.63) is 12.4 Å². The molecule has 0 saturated carbocycles. The van der Waals surface area contributed by atoms with Crippen molar-refractivity contribution in [1.29, 1.82) is 0 Å². The van der Waals surface area contributed by atoms with E-state index in [1.54, 1.807) is 13.1 Å². The molecule has 0 saturated heterocycles. The van der Waals surface area contributed by atoms with Gasteiger partial charge >= 0.3 is 0 Å². The Morgan fingerprint density at radius 2 is 2.50 bits per heavy atom. The molecule has 1 rings (SSSR count). The molecule has 0 aromatic carbocycles. The zero-order valence-electron chi connectivity index (χ0n) is 4.52. The number of hydrogen-bond donors (Lipinski definition) is 1. The molecule has 8 heavy (non-hydrogen) atoms. The molecule has 0 bridgehead atoms. The molecule has 44 valence electrons. The van der Waals surface area contributed by atoms with Crippen LogP contribution < -0.4 is 0 Å². The summed E-state index contributed by atoms with van der Waals surface area (Å²) in [5.74, 6) is 0. The molecule has 1 atom stereocenters. The smallest absolute Gasteiger partial charge is 0.145 e. The fraction of sp³-hybridized carbons (Fsp3) is 0.500. The van der Waals surface area contributed by atoms with E-state index in [-0.39, 0.29) is 0 Å². The van der Waals surface area contributed by atoms with Gasteiger partial charge in [-0.15, -0.1) is 5.10 Å². The van der Waals surface area contributed by atoms with Gasteiger partial charge in [0.1, 0.15) is 6.23 Å². The van der Waals surface area contributed by atoms with Crippen LogP contribution in [0.15, 0.2) is 12.4 Å². The molecular formula is C4H7N3O. The lowest BCUT2D eigenvalue weighted by molar-refractivity contribution is 0.108. The van der Waals surface area contributed by atoms with E-state index in [0.717, 1.165) is 0 Å². The molecule has 1 aromatic heterocycles.